The van der Waals surface area contributed by atoms with Gasteiger partial charge in [0, 0.05) is 18.8 Å². The third-order valence-electron chi connectivity index (χ3n) is 4.80. The molecule has 0 spiro atoms. The van der Waals surface area contributed by atoms with Crippen molar-refractivity contribution in [1.29, 1.82) is 0 Å². The number of carbonyl (C=O) groups is 2. The van der Waals surface area contributed by atoms with Crippen LogP contribution in [0, 0.1) is 12.3 Å². The second kappa shape index (κ2) is 7.76. The molecule has 0 saturated carbocycles. The van der Waals surface area contributed by atoms with E-state index in [4.69, 9.17) is 0 Å². The minimum Gasteiger partial charge on any atom is -0.301 e. The summed E-state index contributed by atoms with van der Waals surface area (Å²) in [5.74, 6) is 0.170. The lowest BCUT2D eigenvalue weighted by molar-refractivity contribution is -0.113. The highest BCUT2D eigenvalue weighted by molar-refractivity contribution is 7.99. The lowest BCUT2D eigenvalue weighted by Crippen LogP contribution is -2.26. The Labute approximate surface area is 177 Å². The van der Waals surface area contributed by atoms with Gasteiger partial charge in [-0.15, -0.1) is 0 Å². The highest BCUT2D eigenvalue weighted by Gasteiger charge is 2.34. The number of Topliss-reactive ketones (excluding diaryl/α,β-unsaturated/α-hetero) is 1. The number of hydrogen-bond acceptors (Lipinski definition) is 6. The summed E-state index contributed by atoms with van der Waals surface area (Å²) >= 11 is 2.64. The van der Waals surface area contributed by atoms with Gasteiger partial charge in [0.2, 0.25) is 5.91 Å². The van der Waals surface area contributed by atoms with E-state index in [0.717, 1.165) is 28.5 Å². The normalized spacial score (nSPS) is 15.2. The molecule has 8 heteroatoms. The van der Waals surface area contributed by atoms with E-state index in [-0.39, 0.29) is 22.9 Å². The van der Waals surface area contributed by atoms with Crippen LogP contribution >= 0.6 is 23.1 Å². The minimum absolute atomic E-state index is 0.0814. The summed E-state index contributed by atoms with van der Waals surface area (Å²) < 4.78 is 1.98. The first kappa shape index (κ1) is 19.8. The first-order valence-electron chi connectivity index (χ1n) is 9.37. The number of thiazole rings is 1. The number of nitrogens with one attached hydrogen (secondary N) is 1. The summed E-state index contributed by atoms with van der Waals surface area (Å²) in [7, 11) is 0. The number of aromatic nitrogens is 3. The summed E-state index contributed by atoms with van der Waals surface area (Å²) in [6.07, 6.45) is 4.90. The number of aryl methyl sites for hydroxylation is 1. The molecule has 29 heavy (non-hydrogen) atoms. The monoisotopic (exact) mass is 426 g/mol. The third kappa shape index (κ3) is 4.28. The molecule has 0 atom stereocenters. The van der Waals surface area contributed by atoms with Gasteiger partial charge < -0.3 is 5.32 Å². The molecule has 0 saturated heterocycles. The van der Waals surface area contributed by atoms with Crippen molar-refractivity contribution in [3.05, 3.63) is 52.8 Å². The zero-order chi connectivity index (χ0) is 20.6. The van der Waals surface area contributed by atoms with Crippen LogP contribution in [0.5, 0.6) is 0 Å². The standard InChI is InChI=1S/C21H22N4O2S2/c1-13-6-4-5-7-15(13)25-9-8-22-20(25)28-12-17(27)24-19-23-14-10-21(2,3)11-16(26)18(14)29-19/h4-9H,10-12H2,1-3H3,(H,23,24,27). The van der Waals surface area contributed by atoms with Crippen LogP contribution in [0.1, 0.15) is 41.2 Å². The molecule has 2 heterocycles. The van der Waals surface area contributed by atoms with E-state index >= 15 is 0 Å². The summed E-state index contributed by atoms with van der Waals surface area (Å²) in [4.78, 5) is 34.3. The van der Waals surface area contributed by atoms with Crippen LogP contribution in [0.3, 0.4) is 0 Å². The van der Waals surface area contributed by atoms with Gasteiger partial charge in [-0.2, -0.15) is 0 Å². The highest BCUT2D eigenvalue weighted by Crippen LogP contribution is 2.38. The number of thioether (sulfide) groups is 1. The molecule has 1 amide bonds. The van der Waals surface area contributed by atoms with Crippen molar-refractivity contribution in [3.8, 4) is 5.69 Å². The second-order valence-electron chi connectivity index (χ2n) is 7.94. The van der Waals surface area contributed by atoms with Crippen LogP contribution in [0.4, 0.5) is 5.13 Å². The van der Waals surface area contributed by atoms with E-state index in [1.54, 1.807) is 6.20 Å². The zero-order valence-electron chi connectivity index (χ0n) is 16.6. The third-order valence-corrected chi connectivity index (χ3v) is 6.82. The molecule has 0 unspecified atom stereocenters. The molecule has 1 N–H and O–H groups in total. The van der Waals surface area contributed by atoms with E-state index in [1.807, 2.05) is 42.0 Å². The molecular formula is C21H22N4O2S2. The summed E-state index contributed by atoms with van der Waals surface area (Å²) in [6, 6.07) is 8.05. The lowest BCUT2D eigenvalue weighted by atomic mass is 9.78. The van der Waals surface area contributed by atoms with Crippen molar-refractivity contribution < 1.29 is 9.59 Å². The Kier molecular flexibility index (Phi) is 5.31. The smallest absolute Gasteiger partial charge is 0.236 e. The Hall–Kier alpha value is -2.45. The molecular weight excluding hydrogens is 404 g/mol. The average Bonchev–Trinajstić information content (AvgIpc) is 3.26. The molecule has 150 valence electrons. The first-order valence-corrected chi connectivity index (χ1v) is 11.2. The number of fused-ring (bicyclic) bond motifs is 1. The molecule has 1 aliphatic carbocycles. The van der Waals surface area contributed by atoms with Gasteiger partial charge >= 0.3 is 0 Å². The quantitative estimate of drug-likeness (QED) is 0.607. The predicted octanol–water partition coefficient (Wildman–Crippen LogP) is 4.52. The maximum atomic E-state index is 12.5. The number of benzene rings is 1. The fourth-order valence-corrected chi connectivity index (χ4v) is 5.17. The lowest BCUT2D eigenvalue weighted by Gasteiger charge is -2.26. The highest BCUT2D eigenvalue weighted by atomic mass is 32.2. The van der Waals surface area contributed by atoms with Crippen molar-refractivity contribution in [3.63, 3.8) is 0 Å². The van der Waals surface area contributed by atoms with Gasteiger partial charge in [0.15, 0.2) is 16.1 Å². The molecule has 0 radical (unpaired) electrons. The second-order valence-corrected chi connectivity index (χ2v) is 9.88. The van der Waals surface area contributed by atoms with Gasteiger partial charge in [-0.1, -0.05) is 55.1 Å². The van der Waals surface area contributed by atoms with Crippen molar-refractivity contribution in [2.24, 2.45) is 5.41 Å². The van der Waals surface area contributed by atoms with Crippen LogP contribution in [-0.2, 0) is 11.2 Å². The number of anilines is 1. The summed E-state index contributed by atoms with van der Waals surface area (Å²) in [5.41, 5.74) is 2.90. The molecule has 6 nitrogen and oxygen atoms in total. The maximum Gasteiger partial charge on any atom is 0.236 e. The number of ketones is 1. The van der Waals surface area contributed by atoms with Gasteiger partial charge in [0.25, 0.3) is 0 Å². The zero-order valence-corrected chi connectivity index (χ0v) is 18.2. The van der Waals surface area contributed by atoms with E-state index < -0.39 is 0 Å². The van der Waals surface area contributed by atoms with E-state index in [0.29, 0.717) is 16.4 Å². The van der Waals surface area contributed by atoms with Crippen molar-refractivity contribution in [2.75, 3.05) is 11.1 Å². The summed E-state index contributed by atoms with van der Waals surface area (Å²) in [5, 5.41) is 4.09. The van der Waals surface area contributed by atoms with Crippen molar-refractivity contribution >= 4 is 39.9 Å². The Morgan fingerprint density at radius 2 is 2.10 bits per heavy atom. The maximum absolute atomic E-state index is 12.5. The fraction of sp³-hybridized carbons (Fsp3) is 0.333. The van der Waals surface area contributed by atoms with Gasteiger partial charge in [-0.3, -0.25) is 14.2 Å². The molecule has 0 aliphatic heterocycles. The predicted molar refractivity (Wildman–Crippen MR) is 116 cm³/mol. The van der Waals surface area contributed by atoms with Crippen LogP contribution in [-0.4, -0.2) is 32.0 Å². The van der Waals surface area contributed by atoms with Crippen molar-refractivity contribution in [2.45, 2.75) is 38.8 Å². The van der Waals surface area contributed by atoms with E-state index in [9.17, 15) is 9.59 Å². The number of amides is 1. The Balaban J connectivity index is 1.42. The number of rotatable bonds is 5. The molecule has 0 bridgehead atoms. The molecule has 4 rings (SSSR count). The number of nitrogens with zero attached hydrogens (tertiary/aromatic N) is 3. The van der Waals surface area contributed by atoms with Gasteiger partial charge in [-0.05, 0) is 30.4 Å². The largest absolute Gasteiger partial charge is 0.301 e. The SMILES string of the molecule is Cc1ccccc1-n1ccnc1SCC(=O)Nc1nc2c(s1)C(=O)CC(C)(C)C2. The number of imidazole rings is 1. The van der Waals surface area contributed by atoms with Crippen LogP contribution in [0.15, 0.2) is 41.8 Å². The van der Waals surface area contributed by atoms with Gasteiger partial charge in [0.1, 0.15) is 0 Å². The Bertz CT molecular complexity index is 1080. The molecule has 1 aliphatic rings. The van der Waals surface area contributed by atoms with E-state index in [2.05, 4.69) is 29.1 Å². The van der Waals surface area contributed by atoms with Crippen LogP contribution in [0.2, 0.25) is 0 Å². The van der Waals surface area contributed by atoms with Crippen molar-refractivity contribution in [1.82, 2.24) is 14.5 Å². The molecule has 0 fully saturated rings. The Morgan fingerprint density at radius 1 is 1.31 bits per heavy atom. The molecule has 3 aromatic rings. The molecule has 1 aromatic carbocycles. The fourth-order valence-electron chi connectivity index (χ4n) is 3.47. The van der Waals surface area contributed by atoms with Crippen LogP contribution < -0.4 is 5.32 Å². The van der Waals surface area contributed by atoms with E-state index in [1.165, 1.54) is 23.1 Å². The van der Waals surface area contributed by atoms with Gasteiger partial charge in [0.05, 0.1) is 22.0 Å². The van der Waals surface area contributed by atoms with Crippen LogP contribution in [0.25, 0.3) is 5.69 Å². The topological polar surface area (TPSA) is 76.9 Å². The summed E-state index contributed by atoms with van der Waals surface area (Å²) in [6.45, 7) is 6.18. The first-order chi connectivity index (χ1) is 13.8. The van der Waals surface area contributed by atoms with Gasteiger partial charge in [-0.25, -0.2) is 9.97 Å². The Morgan fingerprint density at radius 3 is 2.90 bits per heavy atom. The minimum atomic E-state index is -0.160. The molecule has 2 aromatic heterocycles. The number of hydrogen-bond donors (Lipinski definition) is 1. The average molecular weight is 427 g/mol. The number of carbonyl (C=O) groups excluding carboxylic acids is 2. The number of para-hydroxylation sites is 1.